The summed E-state index contributed by atoms with van der Waals surface area (Å²) in [5.41, 5.74) is 1.99. The molecule has 9 nitrogen and oxygen atoms in total. The molecule has 3 aromatic rings. The Balaban J connectivity index is 1.40. The summed E-state index contributed by atoms with van der Waals surface area (Å²) in [7, 11) is 1.51. The Bertz CT molecular complexity index is 1490. The van der Waals surface area contributed by atoms with Gasteiger partial charge in [-0.3, -0.25) is 19.3 Å². The zero-order chi connectivity index (χ0) is 29.4. The second-order valence-electron chi connectivity index (χ2n) is 8.83. The molecule has 0 atom stereocenters. The second-order valence-corrected chi connectivity index (χ2v) is 10.2. The number of hydrogen-bond acceptors (Lipinski definition) is 8. The third-order valence-electron chi connectivity index (χ3n) is 5.81. The number of nitrogens with one attached hydrogen (secondary N) is 1. The van der Waals surface area contributed by atoms with Crippen molar-refractivity contribution in [1.29, 1.82) is 0 Å². The van der Waals surface area contributed by atoms with E-state index in [4.69, 9.17) is 25.8 Å². The van der Waals surface area contributed by atoms with E-state index in [1.165, 1.54) is 25.3 Å². The highest BCUT2D eigenvalue weighted by molar-refractivity contribution is 8.18. The van der Waals surface area contributed by atoms with E-state index in [2.05, 4.69) is 5.32 Å². The van der Waals surface area contributed by atoms with Crippen molar-refractivity contribution < 1.29 is 33.4 Å². The molecule has 1 aliphatic rings. The number of imide groups is 1. The molecule has 0 unspecified atom stereocenters. The van der Waals surface area contributed by atoms with Crippen molar-refractivity contribution in [3.63, 3.8) is 0 Å². The number of amides is 3. The van der Waals surface area contributed by atoms with Gasteiger partial charge in [0.05, 0.1) is 29.2 Å². The predicted octanol–water partition coefficient (Wildman–Crippen LogP) is 6.17. The van der Waals surface area contributed by atoms with Crippen LogP contribution < -0.4 is 14.8 Å². The molecule has 1 fully saturated rings. The Morgan fingerprint density at radius 2 is 1.80 bits per heavy atom. The molecule has 0 bridgehead atoms. The SMILES string of the molecule is CCCOC(=O)c1cc(NC(=O)CN2C(=O)S/C(=C/c3ccc(OCc4ccccc4)c(OC)c3)C2=O)ccc1Cl. The normalized spacial score (nSPS) is 13.8. The fourth-order valence-electron chi connectivity index (χ4n) is 3.79. The minimum Gasteiger partial charge on any atom is -0.493 e. The minimum atomic E-state index is -0.620. The molecule has 0 aromatic heterocycles. The molecular weight excluding hydrogens is 568 g/mol. The molecule has 1 saturated heterocycles. The summed E-state index contributed by atoms with van der Waals surface area (Å²) in [5.74, 6) is -0.836. The average molecular weight is 595 g/mol. The van der Waals surface area contributed by atoms with Crippen LogP contribution in [0.3, 0.4) is 0 Å². The molecule has 1 aliphatic heterocycles. The summed E-state index contributed by atoms with van der Waals surface area (Å²) in [6.07, 6.45) is 2.20. The van der Waals surface area contributed by atoms with Gasteiger partial charge in [-0.25, -0.2) is 4.79 Å². The molecule has 3 amide bonds. The van der Waals surface area contributed by atoms with Crippen LogP contribution in [-0.2, 0) is 20.9 Å². The number of halogens is 1. The van der Waals surface area contributed by atoms with Crippen molar-refractivity contribution in [3.8, 4) is 11.5 Å². The first kappa shape index (κ1) is 29.7. The molecule has 3 aromatic carbocycles. The van der Waals surface area contributed by atoms with Crippen LogP contribution in [-0.4, -0.2) is 48.2 Å². The predicted molar refractivity (Wildman–Crippen MR) is 157 cm³/mol. The first-order valence-corrected chi connectivity index (χ1v) is 13.8. The Kier molecular flexibility index (Phi) is 10.0. The van der Waals surface area contributed by atoms with Crippen molar-refractivity contribution in [2.24, 2.45) is 0 Å². The molecule has 0 saturated carbocycles. The summed E-state index contributed by atoms with van der Waals surface area (Å²) < 4.78 is 16.4. The van der Waals surface area contributed by atoms with Crippen LogP contribution in [0, 0.1) is 0 Å². The maximum atomic E-state index is 13.0. The van der Waals surface area contributed by atoms with Gasteiger partial charge in [-0.05, 0) is 65.7 Å². The number of nitrogens with zero attached hydrogens (tertiary/aromatic N) is 1. The van der Waals surface area contributed by atoms with Crippen LogP contribution in [0.25, 0.3) is 6.08 Å². The second kappa shape index (κ2) is 13.9. The Morgan fingerprint density at radius 1 is 1.02 bits per heavy atom. The summed E-state index contributed by atoms with van der Waals surface area (Å²) in [6, 6.07) is 19.2. The fraction of sp³-hybridized carbons (Fsp3) is 0.200. The third-order valence-corrected chi connectivity index (χ3v) is 7.04. The smallest absolute Gasteiger partial charge is 0.339 e. The van der Waals surface area contributed by atoms with E-state index < -0.39 is 29.6 Å². The van der Waals surface area contributed by atoms with Gasteiger partial charge in [-0.1, -0.05) is 54.9 Å². The molecule has 0 spiro atoms. The van der Waals surface area contributed by atoms with E-state index in [0.29, 0.717) is 30.1 Å². The molecule has 212 valence electrons. The lowest BCUT2D eigenvalue weighted by atomic mass is 10.1. The van der Waals surface area contributed by atoms with Crippen molar-refractivity contribution >= 4 is 58.1 Å². The lowest BCUT2D eigenvalue weighted by molar-refractivity contribution is -0.127. The average Bonchev–Trinajstić information content (AvgIpc) is 3.23. The van der Waals surface area contributed by atoms with Crippen LogP contribution in [0.2, 0.25) is 5.02 Å². The number of esters is 1. The van der Waals surface area contributed by atoms with Crippen LogP contribution in [0.4, 0.5) is 10.5 Å². The number of benzene rings is 3. The van der Waals surface area contributed by atoms with Crippen LogP contribution in [0.5, 0.6) is 11.5 Å². The molecular formula is C30H27ClN2O7S. The van der Waals surface area contributed by atoms with Gasteiger partial charge >= 0.3 is 5.97 Å². The van der Waals surface area contributed by atoms with E-state index in [1.54, 1.807) is 24.3 Å². The molecule has 4 rings (SSSR count). The van der Waals surface area contributed by atoms with Gasteiger partial charge in [-0.2, -0.15) is 0 Å². The number of anilines is 1. The highest BCUT2D eigenvalue weighted by atomic mass is 35.5. The number of methoxy groups -OCH3 is 1. The van der Waals surface area contributed by atoms with Crippen molar-refractivity contribution in [1.82, 2.24) is 4.90 Å². The Morgan fingerprint density at radius 3 is 2.54 bits per heavy atom. The number of carbonyl (C=O) groups excluding carboxylic acids is 4. The van der Waals surface area contributed by atoms with E-state index in [0.717, 1.165) is 22.2 Å². The number of ether oxygens (including phenoxy) is 3. The number of carbonyl (C=O) groups is 4. The maximum absolute atomic E-state index is 13.0. The topological polar surface area (TPSA) is 111 Å². The zero-order valence-electron chi connectivity index (χ0n) is 22.3. The van der Waals surface area contributed by atoms with Gasteiger partial charge in [0.25, 0.3) is 11.1 Å². The largest absolute Gasteiger partial charge is 0.493 e. The zero-order valence-corrected chi connectivity index (χ0v) is 23.9. The van der Waals surface area contributed by atoms with E-state index in [1.807, 2.05) is 37.3 Å². The first-order chi connectivity index (χ1) is 19.8. The molecule has 1 heterocycles. The lowest BCUT2D eigenvalue weighted by Gasteiger charge is -2.13. The Hall–Kier alpha value is -4.28. The van der Waals surface area contributed by atoms with Gasteiger partial charge in [0.1, 0.15) is 13.2 Å². The van der Waals surface area contributed by atoms with Crippen molar-refractivity contribution in [3.05, 3.63) is 93.3 Å². The lowest BCUT2D eigenvalue weighted by Crippen LogP contribution is -2.36. The van der Waals surface area contributed by atoms with Gasteiger partial charge < -0.3 is 19.5 Å². The Labute approximate surface area is 246 Å². The molecule has 0 aliphatic carbocycles. The molecule has 1 N–H and O–H groups in total. The van der Waals surface area contributed by atoms with E-state index in [-0.39, 0.29) is 27.8 Å². The summed E-state index contributed by atoms with van der Waals surface area (Å²) in [6.45, 7) is 1.95. The summed E-state index contributed by atoms with van der Waals surface area (Å²) in [5, 5.41) is 2.18. The van der Waals surface area contributed by atoms with Crippen LogP contribution >= 0.6 is 23.4 Å². The maximum Gasteiger partial charge on any atom is 0.339 e. The third kappa shape index (κ3) is 7.68. The quantitative estimate of drug-likeness (QED) is 0.207. The highest BCUT2D eigenvalue weighted by Crippen LogP contribution is 2.35. The van der Waals surface area contributed by atoms with Gasteiger partial charge in [0.15, 0.2) is 11.5 Å². The number of hydrogen-bond donors (Lipinski definition) is 1. The monoisotopic (exact) mass is 594 g/mol. The van der Waals surface area contributed by atoms with Gasteiger partial charge in [0, 0.05) is 5.69 Å². The highest BCUT2D eigenvalue weighted by Gasteiger charge is 2.36. The van der Waals surface area contributed by atoms with Gasteiger partial charge in [-0.15, -0.1) is 0 Å². The standard InChI is InChI=1S/C30H27ClN2O7S/c1-3-13-39-29(36)22-16-21(10-11-23(22)31)32-27(34)17-33-28(35)26(41-30(33)37)15-20-9-12-24(25(14-20)38-2)40-18-19-7-5-4-6-8-19/h4-12,14-16H,3,13,17-18H2,1-2H3,(H,32,34)/b26-15+. The van der Waals surface area contributed by atoms with E-state index in [9.17, 15) is 19.2 Å². The van der Waals surface area contributed by atoms with Crippen molar-refractivity contribution in [2.75, 3.05) is 25.6 Å². The van der Waals surface area contributed by atoms with Crippen molar-refractivity contribution in [2.45, 2.75) is 20.0 Å². The molecule has 11 heteroatoms. The van der Waals surface area contributed by atoms with Crippen LogP contribution in [0.1, 0.15) is 34.8 Å². The fourth-order valence-corrected chi connectivity index (χ4v) is 4.83. The summed E-state index contributed by atoms with van der Waals surface area (Å²) in [4.78, 5) is 51.5. The number of rotatable bonds is 11. The van der Waals surface area contributed by atoms with E-state index >= 15 is 0 Å². The molecule has 41 heavy (non-hydrogen) atoms. The minimum absolute atomic E-state index is 0.0962. The number of thioether (sulfide) groups is 1. The molecule has 0 radical (unpaired) electrons. The summed E-state index contributed by atoms with van der Waals surface area (Å²) >= 11 is 6.83. The van der Waals surface area contributed by atoms with Gasteiger partial charge in [0.2, 0.25) is 5.91 Å². The van der Waals surface area contributed by atoms with Crippen LogP contribution in [0.15, 0.2) is 71.6 Å². The first-order valence-electron chi connectivity index (χ1n) is 12.7.